The van der Waals surface area contributed by atoms with Gasteiger partial charge in [-0.25, -0.2) is 8.42 Å². The van der Waals surface area contributed by atoms with Crippen molar-refractivity contribution < 1.29 is 13.2 Å². The van der Waals surface area contributed by atoms with Crippen molar-refractivity contribution in [1.29, 1.82) is 0 Å². The second-order valence-corrected chi connectivity index (χ2v) is 11.4. The molecule has 1 amide bonds. The number of aliphatic imine (C=N–C) groups is 1. The quantitative estimate of drug-likeness (QED) is 0.635. The molecule has 2 heterocycles. The Bertz CT molecular complexity index is 1120. The first-order valence-electron chi connectivity index (χ1n) is 8.70. The van der Waals surface area contributed by atoms with Crippen LogP contribution in [-0.2, 0) is 21.1 Å². The minimum atomic E-state index is -3.15. The average Bonchev–Trinajstić information content (AvgIpc) is 3.10. The standard InChI is InChI=1S/C19H15Cl3N2O3S2/c20-13-4-2-1-3-11(13)7-18(25)23-19-24(12-5-6-14(21)15(22)8-12)16-9-29(26,27)10-17(16)28-19/h1-6,8,16-17H,7,9-10H2/t16-,17+/m1/s1. The number of halogens is 3. The van der Waals surface area contributed by atoms with Gasteiger partial charge in [0.25, 0.3) is 5.91 Å². The Morgan fingerprint density at radius 3 is 2.55 bits per heavy atom. The van der Waals surface area contributed by atoms with Crippen molar-refractivity contribution in [2.75, 3.05) is 16.4 Å². The predicted octanol–water partition coefficient (Wildman–Crippen LogP) is 4.49. The number of anilines is 1. The molecule has 0 spiro atoms. The molecule has 0 radical (unpaired) electrons. The molecule has 152 valence electrons. The van der Waals surface area contributed by atoms with Crippen LogP contribution in [-0.4, -0.2) is 42.3 Å². The van der Waals surface area contributed by atoms with E-state index in [0.29, 0.717) is 31.5 Å². The first-order valence-corrected chi connectivity index (χ1v) is 12.5. The Hall–Kier alpha value is -1.25. The summed E-state index contributed by atoms with van der Waals surface area (Å²) in [6.45, 7) is 0. The van der Waals surface area contributed by atoms with Gasteiger partial charge in [0.2, 0.25) is 0 Å². The Balaban J connectivity index is 1.67. The molecular formula is C19H15Cl3N2O3S2. The van der Waals surface area contributed by atoms with Crippen LogP contribution in [0.25, 0.3) is 0 Å². The number of hydrogen-bond donors (Lipinski definition) is 0. The van der Waals surface area contributed by atoms with Crippen LogP contribution in [0.15, 0.2) is 47.5 Å². The lowest BCUT2D eigenvalue weighted by molar-refractivity contribution is -0.117. The van der Waals surface area contributed by atoms with Crippen LogP contribution in [0.4, 0.5) is 5.69 Å². The number of nitrogens with zero attached hydrogens (tertiary/aromatic N) is 2. The molecule has 0 bridgehead atoms. The molecule has 2 aliphatic heterocycles. The highest BCUT2D eigenvalue weighted by Crippen LogP contribution is 2.42. The molecule has 10 heteroatoms. The van der Waals surface area contributed by atoms with Crippen molar-refractivity contribution in [3.05, 3.63) is 63.1 Å². The highest BCUT2D eigenvalue weighted by Gasteiger charge is 2.49. The molecule has 2 aromatic rings. The summed E-state index contributed by atoms with van der Waals surface area (Å²) in [6.07, 6.45) is 0.0621. The topological polar surface area (TPSA) is 66.8 Å². The van der Waals surface area contributed by atoms with Gasteiger partial charge in [0, 0.05) is 16.0 Å². The van der Waals surface area contributed by atoms with Crippen LogP contribution >= 0.6 is 46.6 Å². The lowest BCUT2D eigenvalue weighted by Crippen LogP contribution is -2.37. The van der Waals surface area contributed by atoms with E-state index in [1.54, 1.807) is 41.3 Å². The summed E-state index contributed by atoms with van der Waals surface area (Å²) < 4.78 is 24.3. The maximum absolute atomic E-state index is 12.6. The van der Waals surface area contributed by atoms with Crippen molar-refractivity contribution in [1.82, 2.24) is 0 Å². The fourth-order valence-corrected chi connectivity index (χ4v) is 7.88. The summed E-state index contributed by atoms with van der Waals surface area (Å²) in [5, 5.41) is 1.52. The van der Waals surface area contributed by atoms with Crippen molar-refractivity contribution in [2.24, 2.45) is 4.99 Å². The third kappa shape index (κ3) is 4.44. The molecule has 0 aliphatic carbocycles. The number of thioether (sulfide) groups is 1. The van der Waals surface area contributed by atoms with Crippen LogP contribution < -0.4 is 4.90 Å². The molecule has 29 heavy (non-hydrogen) atoms. The Morgan fingerprint density at radius 2 is 1.83 bits per heavy atom. The van der Waals surface area contributed by atoms with Crippen LogP contribution in [0.3, 0.4) is 0 Å². The van der Waals surface area contributed by atoms with Gasteiger partial charge in [-0.2, -0.15) is 4.99 Å². The van der Waals surface area contributed by atoms with Gasteiger partial charge in [-0.3, -0.25) is 4.79 Å². The minimum absolute atomic E-state index is 0.00262. The summed E-state index contributed by atoms with van der Waals surface area (Å²) >= 11 is 19.6. The van der Waals surface area contributed by atoms with E-state index < -0.39 is 9.84 Å². The van der Waals surface area contributed by atoms with Crippen molar-refractivity contribution >= 4 is 73.2 Å². The third-order valence-corrected chi connectivity index (χ3v) is 9.09. The fraction of sp³-hybridized carbons (Fsp3) is 0.263. The zero-order chi connectivity index (χ0) is 20.8. The number of sulfone groups is 1. The van der Waals surface area contributed by atoms with E-state index in [1.165, 1.54) is 11.8 Å². The van der Waals surface area contributed by atoms with Crippen LogP contribution in [0.5, 0.6) is 0 Å². The number of rotatable bonds is 3. The molecule has 2 atom stereocenters. The van der Waals surface area contributed by atoms with E-state index in [0.717, 1.165) is 0 Å². The molecule has 2 saturated heterocycles. The fourth-order valence-electron chi connectivity index (χ4n) is 3.45. The van der Waals surface area contributed by atoms with Crippen LogP contribution in [0, 0.1) is 0 Å². The second-order valence-electron chi connectivity index (χ2n) is 6.83. The predicted molar refractivity (Wildman–Crippen MR) is 120 cm³/mol. The molecule has 2 aliphatic rings. The summed E-state index contributed by atoms with van der Waals surface area (Å²) in [6, 6.07) is 11.8. The van der Waals surface area contributed by atoms with Gasteiger partial charge < -0.3 is 4.90 Å². The molecule has 0 saturated carbocycles. The number of amidine groups is 1. The van der Waals surface area contributed by atoms with Gasteiger partial charge in [0.05, 0.1) is 34.0 Å². The molecule has 0 aromatic heterocycles. The van der Waals surface area contributed by atoms with Gasteiger partial charge >= 0.3 is 0 Å². The van der Waals surface area contributed by atoms with Gasteiger partial charge in [-0.1, -0.05) is 64.8 Å². The number of benzene rings is 2. The summed E-state index contributed by atoms with van der Waals surface area (Å²) in [7, 11) is -3.15. The lowest BCUT2D eigenvalue weighted by Gasteiger charge is -2.24. The Morgan fingerprint density at radius 1 is 1.07 bits per heavy atom. The Kier molecular flexibility index (Phi) is 5.88. The normalized spacial score (nSPS) is 24.1. The van der Waals surface area contributed by atoms with Crippen molar-refractivity contribution in [3.8, 4) is 0 Å². The smallest absolute Gasteiger partial charge is 0.252 e. The molecular weight excluding hydrogens is 475 g/mol. The van der Waals surface area contributed by atoms with Crippen molar-refractivity contribution in [2.45, 2.75) is 17.7 Å². The summed E-state index contributed by atoms with van der Waals surface area (Å²) in [4.78, 5) is 18.7. The van der Waals surface area contributed by atoms with Gasteiger partial charge in [-0.15, -0.1) is 0 Å². The molecule has 0 N–H and O–H groups in total. The SMILES string of the molecule is O=C(Cc1ccccc1Cl)N=C1S[C@H]2CS(=O)(=O)C[C@H]2N1c1ccc(Cl)c(Cl)c1. The second kappa shape index (κ2) is 8.12. The van der Waals surface area contributed by atoms with E-state index in [4.69, 9.17) is 34.8 Å². The zero-order valence-electron chi connectivity index (χ0n) is 14.9. The largest absolute Gasteiger partial charge is 0.316 e. The van der Waals surface area contributed by atoms with Gasteiger partial charge in [0.1, 0.15) is 0 Å². The van der Waals surface area contributed by atoms with E-state index in [-0.39, 0.29) is 35.1 Å². The van der Waals surface area contributed by atoms with Crippen LogP contribution in [0.1, 0.15) is 5.56 Å². The van der Waals surface area contributed by atoms with E-state index in [1.807, 2.05) is 6.07 Å². The van der Waals surface area contributed by atoms with Crippen molar-refractivity contribution in [3.63, 3.8) is 0 Å². The summed E-state index contributed by atoms with van der Waals surface area (Å²) in [5.41, 5.74) is 1.34. The van der Waals surface area contributed by atoms with E-state index in [2.05, 4.69) is 4.99 Å². The first kappa shape index (κ1) is 21.0. The molecule has 5 nitrogen and oxygen atoms in total. The maximum atomic E-state index is 12.6. The van der Waals surface area contributed by atoms with Gasteiger partial charge in [-0.05, 0) is 29.8 Å². The maximum Gasteiger partial charge on any atom is 0.252 e. The number of carbonyl (C=O) groups excluding carboxylic acids is 1. The van der Waals surface area contributed by atoms with E-state index >= 15 is 0 Å². The highest BCUT2D eigenvalue weighted by atomic mass is 35.5. The third-order valence-electron chi connectivity index (χ3n) is 4.77. The monoisotopic (exact) mass is 488 g/mol. The average molecular weight is 490 g/mol. The minimum Gasteiger partial charge on any atom is -0.316 e. The summed E-state index contributed by atoms with van der Waals surface area (Å²) in [5.74, 6) is -0.297. The van der Waals surface area contributed by atoms with E-state index in [9.17, 15) is 13.2 Å². The number of amides is 1. The number of carbonyl (C=O) groups is 1. The number of hydrogen-bond acceptors (Lipinski definition) is 4. The Labute approximate surface area is 188 Å². The number of fused-ring (bicyclic) bond motifs is 1. The highest BCUT2D eigenvalue weighted by molar-refractivity contribution is 8.16. The first-order chi connectivity index (χ1) is 13.7. The van der Waals surface area contributed by atoms with Crippen LogP contribution in [0.2, 0.25) is 15.1 Å². The molecule has 4 rings (SSSR count). The zero-order valence-corrected chi connectivity index (χ0v) is 18.8. The molecule has 2 fully saturated rings. The molecule has 0 unspecified atom stereocenters. The molecule has 2 aromatic carbocycles. The lowest BCUT2D eigenvalue weighted by atomic mass is 10.1. The van der Waals surface area contributed by atoms with Gasteiger partial charge in [0.15, 0.2) is 15.0 Å².